The molecule has 7 atom stereocenters. The highest BCUT2D eigenvalue weighted by atomic mass is 28.4. The largest absolute Gasteiger partial charge is 0.543 e. The van der Waals surface area contributed by atoms with Crippen LogP contribution >= 0.6 is 0 Å². The van der Waals surface area contributed by atoms with Crippen molar-refractivity contribution >= 4 is 16.6 Å². The van der Waals surface area contributed by atoms with Crippen molar-refractivity contribution < 1.29 is 18.8 Å². The van der Waals surface area contributed by atoms with Gasteiger partial charge in [-0.2, -0.15) is 0 Å². The van der Waals surface area contributed by atoms with Crippen LogP contribution in [-0.2, 0) is 15.7 Å². The van der Waals surface area contributed by atoms with Gasteiger partial charge in [-0.15, -0.1) is 10.1 Å². The third-order valence-corrected chi connectivity index (χ3v) is 19.8. The van der Waals surface area contributed by atoms with Gasteiger partial charge in [0.1, 0.15) is 11.9 Å². The van der Waals surface area contributed by atoms with Gasteiger partial charge < -0.3 is 13.7 Å². The van der Waals surface area contributed by atoms with Crippen LogP contribution in [0, 0.1) is 33.8 Å². The first kappa shape index (κ1) is 29.6. The highest BCUT2D eigenvalue weighted by molar-refractivity contribution is 6.75. The van der Waals surface area contributed by atoms with Gasteiger partial charge in [-0.1, -0.05) is 54.5 Å². The van der Waals surface area contributed by atoms with E-state index < -0.39 is 27.8 Å². The molecule has 1 aromatic carbocycles. The van der Waals surface area contributed by atoms with Crippen LogP contribution in [0.25, 0.3) is 0 Å². The van der Waals surface area contributed by atoms with Crippen molar-refractivity contribution in [1.82, 2.24) is 0 Å². The molecule has 2 saturated carbocycles. The van der Waals surface area contributed by atoms with E-state index in [4.69, 9.17) is 13.7 Å². The van der Waals surface area contributed by atoms with Gasteiger partial charge in [0.05, 0.1) is 0 Å². The first-order valence-corrected chi connectivity index (χ1v) is 20.4. The minimum Gasteiger partial charge on any atom is -0.543 e. The topological polar surface area (TPSA) is 70.8 Å². The molecule has 3 aliphatic rings. The zero-order valence-corrected chi connectivity index (χ0v) is 27.6. The van der Waals surface area contributed by atoms with Gasteiger partial charge >= 0.3 is 0 Å². The molecule has 0 heterocycles. The molecule has 0 aliphatic heterocycles. The molecule has 0 aromatic heterocycles. The van der Waals surface area contributed by atoms with Gasteiger partial charge in [0.25, 0.3) is 5.09 Å². The molecule has 8 heteroatoms. The summed E-state index contributed by atoms with van der Waals surface area (Å²) in [5.41, 5.74) is 2.51. The quantitative estimate of drug-likeness (QED) is 0.198. The van der Waals surface area contributed by atoms with E-state index in [1.54, 1.807) is 0 Å². The van der Waals surface area contributed by atoms with Crippen LogP contribution in [0.1, 0.15) is 84.8 Å². The average molecular weight is 562 g/mol. The second-order valence-corrected chi connectivity index (χ2v) is 24.9. The maximum absolute atomic E-state index is 11.7. The van der Waals surface area contributed by atoms with Crippen molar-refractivity contribution in [2.45, 2.75) is 129 Å². The fraction of sp³-hybridized carbons (Fsp3) is 0.800. The Balaban J connectivity index is 1.66. The minimum absolute atomic E-state index is 0.0361. The number of nitrogens with zero attached hydrogens (tertiary/aromatic N) is 1. The Labute approximate surface area is 232 Å². The molecule has 4 rings (SSSR count). The molecule has 0 amide bonds. The van der Waals surface area contributed by atoms with Crippen molar-refractivity contribution in [1.29, 1.82) is 0 Å². The fourth-order valence-corrected chi connectivity index (χ4v) is 9.40. The van der Waals surface area contributed by atoms with E-state index >= 15 is 0 Å². The van der Waals surface area contributed by atoms with Crippen LogP contribution in [0.5, 0.6) is 5.75 Å². The average Bonchev–Trinajstić information content (AvgIpc) is 3.12. The molecule has 214 valence electrons. The van der Waals surface area contributed by atoms with Crippen molar-refractivity contribution in [3.63, 3.8) is 0 Å². The summed E-state index contributed by atoms with van der Waals surface area (Å²) < 4.78 is 13.6. The number of benzene rings is 1. The molecule has 1 aromatic rings. The predicted molar refractivity (Wildman–Crippen MR) is 158 cm³/mol. The van der Waals surface area contributed by atoms with Gasteiger partial charge in [-0.05, 0) is 109 Å². The Bertz CT molecular complexity index is 1040. The van der Waals surface area contributed by atoms with Crippen LogP contribution in [0.2, 0.25) is 36.3 Å². The molecule has 0 saturated heterocycles. The standard InChI is InChI=1S/C30H51NO5Si2/c1-19-16-20-17-21(35-37(8,9)29(2,3)4)12-13-22(20)28-26(34-31(32)33)18-24-23(27(19)28)14-15-25(24)36-38(10,11)30(5,6)7/h12-13,17,19,23-28H,14-16,18H2,1-11H3/t19-,23-,24+,25+,26+,27+,28+/m1/s1. The number of hydrogen-bond donors (Lipinski definition) is 0. The molecule has 0 radical (unpaired) electrons. The molecule has 0 unspecified atom stereocenters. The summed E-state index contributed by atoms with van der Waals surface area (Å²) in [6.07, 6.45) is 3.60. The molecule has 0 N–H and O–H groups in total. The smallest absolute Gasteiger partial charge is 0.294 e. The molecular formula is C30H51NO5Si2. The Morgan fingerprint density at radius 1 is 0.921 bits per heavy atom. The van der Waals surface area contributed by atoms with Crippen molar-refractivity contribution in [3.8, 4) is 5.75 Å². The second kappa shape index (κ2) is 9.91. The molecule has 0 spiro atoms. The normalized spacial score (nSPS) is 31.7. The van der Waals surface area contributed by atoms with Crippen LogP contribution in [-0.4, -0.2) is 33.9 Å². The van der Waals surface area contributed by atoms with E-state index in [0.717, 1.165) is 25.0 Å². The fourth-order valence-electron chi connectivity index (χ4n) is 6.98. The van der Waals surface area contributed by atoms with E-state index in [9.17, 15) is 10.1 Å². The third-order valence-electron chi connectivity index (χ3n) is 11.0. The van der Waals surface area contributed by atoms with Gasteiger partial charge in [0, 0.05) is 12.0 Å². The first-order valence-electron chi connectivity index (χ1n) is 14.6. The Morgan fingerprint density at radius 2 is 1.55 bits per heavy atom. The van der Waals surface area contributed by atoms with Gasteiger partial charge in [0.2, 0.25) is 8.32 Å². The Hall–Kier alpha value is -1.39. The summed E-state index contributed by atoms with van der Waals surface area (Å²) >= 11 is 0. The molecule has 3 aliphatic carbocycles. The SMILES string of the molecule is C[C@@H]1Cc2cc(O[Si](C)(C)C(C)(C)C)ccc2[C@@H]2[C@@H]1[C@@H]1CC[C@H](O[Si](C)(C)C(C)(C)C)[C@H]1C[C@@H]2O[N+](=O)[O-]. The van der Waals surface area contributed by atoms with Crippen molar-refractivity contribution in [2.24, 2.45) is 23.7 Å². The zero-order valence-electron chi connectivity index (χ0n) is 25.6. The van der Waals surface area contributed by atoms with Gasteiger partial charge in [0.15, 0.2) is 8.32 Å². The maximum atomic E-state index is 11.7. The third kappa shape index (κ3) is 5.46. The summed E-state index contributed by atoms with van der Waals surface area (Å²) in [7, 11) is -3.90. The first-order chi connectivity index (χ1) is 17.3. The maximum Gasteiger partial charge on any atom is 0.294 e. The van der Waals surface area contributed by atoms with Crippen LogP contribution in [0.3, 0.4) is 0 Å². The van der Waals surface area contributed by atoms with E-state index in [2.05, 4.69) is 92.9 Å². The van der Waals surface area contributed by atoms with Crippen LogP contribution in [0.15, 0.2) is 18.2 Å². The van der Waals surface area contributed by atoms with E-state index in [0.29, 0.717) is 30.1 Å². The summed E-state index contributed by atoms with van der Waals surface area (Å²) in [5, 5.41) is 11.4. The lowest BCUT2D eigenvalue weighted by Crippen LogP contribution is -2.51. The van der Waals surface area contributed by atoms with Crippen molar-refractivity contribution in [2.75, 3.05) is 0 Å². The molecule has 38 heavy (non-hydrogen) atoms. The van der Waals surface area contributed by atoms with Crippen molar-refractivity contribution in [3.05, 3.63) is 39.4 Å². The van der Waals surface area contributed by atoms with E-state index in [1.807, 2.05) is 0 Å². The minimum atomic E-state index is -1.96. The summed E-state index contributed by atoms with van der Waals surface area (Å²) in [6, 6.07) is 6.51. The monoisotopic (exact) mass is 561 g/mol. The second-order valence-electron chi connectivity index (χ2n) is 15.4. The van der Waals surface area contributed by atoms with Gasteiger partial charge in [-0.25, -0.2) is 0 Å². The van der Waals surface area contributed by atoms with Crippen LogP contribution in [0.4, 0.5) is 0 Å². The molecule has 2 fully saturated rings. The predicted octanol–water partition coefficient (Wildman–Crippen LogP) is 8.36. The van der Waals surface area contributed by atoms with E-state index in [1.165, 1.54) is 11.1 Å². The molecule has 0 bridgehead atoms. The lowest BCUT2D eigenvalue weighted by atomic mass is 9.56. The summed E-state index contributed by atoms with van der Waals surface area (Å²) in [4.78, 5) is 17.2. The zero-order chi connectivity index (χ0) is 28.4. The van der Waals surface area contributed by atoms with Gasteiger partial charge in [-0.3, -0.25) is 0 Å². The number of fused-ring (bicyclic) bond motifs is 5. The number of hydrogen-bond acceptors (Lipinski definition) is 5. The number of rotatable bonds is 6. The Morgan fingerprint density at radius 3 is 2.13 bits per heavy atom. The van der Waals surface area contributed by atoms with E-state index in [-0.39, 0.29) is 22.1 Å². The lowest BCUT2D eigenvalue weighted by Gasteiger charge is -2.51. The van der Waals surface area contributed by atoms with Crippen LogP contribution < -0.4 is 4.43 Å². The highest BCUT2D eigenvalue weighted by Gasteiger charge is 2.56. The summed E-state index contributed by atoms with van der Waals surface area (Å²) in [6.45, 7) is 25.1. The molecular weight excluding hydrogens is 511 g/mol. The Kier molecular flexibility index (Phi) is 7.72. The summed E-state index contributed by atoms with van der Waals surface area (Å²) in [5.74, 6) is 2.60. The lowest BCUT2D eigenvalue weighted by molar-refractivity contribution is -0.771. The molecule has 6 nitrogen and oxygen atoms in total. The highest BCUT2D eigenvalue weighted by Crippen LogP contribution is 2.59.